The van der Waals surface area contributed by atoms with E-state index < -0.39 is 59.9 Å². The van der Waals surface area contributed by atoms with Crippen molar-refractivity contribution >= 4 is 16.3 Å². The Morgan fingerprint density at radius 2 is 1.31 bits per heavy atom. The summed E-state index contributed by atoms with van der Waals surface area (Å²) in [7, 11) is -5.07. The van der Waals surface area contributed by atoms with Crippen LogP contribution < -0.4 is 5.32 Å². The minimum absolute atomic E-state index is 0.244. The Balaban J connectivity index is 2.63. The molecule has 0 aromatic rings. The first kappa shape index (κ1) is 45.9. The second-order valence-electron chi connectivity index (χ2n) is 13.5. The average molecular weight is 724 g/mol. The molecule has 13 heteroatoms. The van der Waals surface area contributed by atoms with Gasteiger partial charge >= 0.3 is 10.4 Å². The summed E-state index contributed by atoms with van der Waals surface area (Å²) in [6.07, 6.45) is 18.1. The normalized spacial score (nSPS) is 22.8. The lowest BCUT2D eigenvalue weighted by Crippen LogP contribution is -2.61. The number of aliphatic hydroxyl groups excluding tert-OH is 4. The van der Waals surface area contributed by atoms with Crippen molar-refractivity contribution in [2.24, 2.45) is 0 Å². The molecule has 1 heterocycles. The molecule has 0 spiro atoms. The van der Waals surface area contributed by atoms with Crippen LogP contribution in [0.1, 0.15) is 155 Å². The molecule has 0 aromatic heterocycles. The van der Waals surface area contributed by atoms with Gasteiger partial charge in [0.1, 0.15) is 24.4 Å². The standard InChI is InChI=1S/C36H69NO11S/c1-3-5-7-9-11-13-14-15-16-18-19-21-23-25-30(39)29(37-32(40)26-24-22-20-17-12-10-8-6-4-2)28-46-36-34(42)35(48-49(43,44)45)33(41)31(27-38)47-36/h17,20,29-31,33-36,38-39,41-42H,3-16,18-19,21-28H2,1-2H3,(H,37,40)(H,43,44,45)/b20-17-. The maximum atomic E-state index is 12.9. The zero-order valence-corrected chi connectivity index (χ0v) is 31.1. The molecule has 7 atom stereocenters. The molecule has 290 valence electrons. The summed E-state index contributed by atoms with van der Waals surface area (Å²) in [4.78, 5) is 12.9. The first-order chi connectivity index (χ1) is 23.5. The molecule has 0 aromatic carbocycles. The third-order valence-corrected chi connectivity index (χ3v) is 9.54. The minimum atomic E-state index is -5.07. The molecule has 12 nitrogen and oxygen atoms in total. The van der Waals surface area contributed by atoms with E-state index in [1.807, 2.05) is 0 Å². The van der Waals surface area contributed by atoms with E-state index >= 15 is 0 Å². The highest BCUT2D eigenvalue weighted by molar-refractivity contribution is 7.80. The van der Waals surface area contributed by atoms with Gasteiger partial charge in [0, 0.05) is 6.42 Å². The molecule has 7 unspecified atom stereocenters. The number of allylic oxidation sites excluding steroid dienone is 2. The molecule has 1 fully saturated rings. The molecular weight excluding hydrogens is 654 g/mol. The fourth-order valence-corrected chi connectivity index (χ4v) is 6.56. The Morgan fingerprint density at radius 1 is 0.796 bits per heavy atom. The van der Waals surface area contributed by atoms with Crippen LogP contribution in [0.2, 0.25) is 0 Å². The van der Waals surface area contributed by atoms with Gasteiger partial charge in [-0.2, -0.15) is 8.42 Å². The predicted molar refractivity (Wildman–Crippen MR) is 190 cm³/mol. The second-order valence-corrected chi connectivity index (χ2v) is 14.6. The van der Waals surface area contributed by atoms with Gasteiger partial charge in [0.25, 0.3) is 0 Å². The molecule has 1 saturated heterocycles. The number of carbonyl (C=O) groups excluding carboxylic acids is 1. The van der Waals surface area contributed by atoms with Crippen molar-refractivity contribution in [2.45, 2.75) is 198 Å². The maximum Gasteiger partial charge on any atom is 0.397 e. The van der Waals surface area contributed by atoms with Crippen LogP contribution in [0.25, 0.3) is 0 Å². The van der Waals surface area contributed by atoms with Gasteiger partial charge in [0.05, 0.1) is 25.4 Å². The van der Waals surface area contributed by atoms with E-state index in [-0.39, 0.29) is 18.9 Å². The minimum Gasteiger partial charge on any atom is -0.394 e. The van der Waals surface area contributed by atoms with Gasteiger partial charge < -0.3 is 35.2 Å². The first-order valence-electron chi connectivity index (χ1n) is 19.1. The molecule has 49 heavy (non-hydrogen) atoms. The number of hydrogen-bond donors (Lipinski definition) is 6. The van der Waals surface area contributed by atoms with Crippen LogP contribution in [0.5, 0.6) is 0 Å². The zero-order chi connectivity index (χ0) is 36.3. The van der Waals surface area contributed by atoms with Gasteiger partial charge in [-0.3, -0.25) is 9.35 Å². The van der Waals surface area contributed by atoms with E-state index in [9.17, 15) is 33.6 Å². The molecule has 1 rings (SSSR count). The van der Waals surface area contributed by atoms with Gasteiger partial charge in [-0.15, -0.1) is 0 Å². The third-order valence-electron chi connectivity index (χ3n) is 9.07. The van der Waals surface area contributed by atoms with Crippen LogP contribution in [-0.4, -0.2) is 95.4 Å². The highest BCUT2D eigenvalue weighted by Crippen LogP contribution is 2.26. The number of carbonyl (C=O) groups is 1. The van der Waals surface area contributed by atoms with Gasteiger partial charge in [-0.1, -0.05) is 129 Å². The first-order valence-corrected chi connectivity index (χ1v) is 20.4. The highest BCUT2D eigenvalue weighted by Gasteiger charge is 2.48. The van der Waals surface area contributed by atoms with Crippen LogP contribution in [-0.2, 0) is 28.9 Å². The Morgan fingerprint density at radius 3 is 1.84 bits per heavy atom. The van der Waals surface area contributed by atoms with Gasteiger partial charge in [-0.05, 0) is 32.1 Å². The van der Waals surface area contributed by atoms with Crippen molar-refractivity contribution in [1.29, 1.82) is 0 Å². The SMILES string of the molecule is CCCCCC/C=C\CCCC(=O)NC(COC1OC(CO)C(O)C(OS(=O)(=O)O)C1O)C(O)CCCCCCCCCCCCCCC. The lowest BCUT2D eigenvalue weighted by Gasteiger charge is -2.41. The lowest BCUT2D eigenvalue weighted by atomic mass is 9.99. The molecule has 1 aliphatic heterocycles. The van der Waals surface area contributed by atoms with Crippen LogP contribution >= 0.6 is 0 Å². The van der Waals surface area contributed by atoms with E-state index in [2.05, 4.69) is 35.5 Å². The number of hydrogen-bond acceptors (Lipinski definition) is 10. The van der Waals surface area contributed by atoms with Crippen molar-refractivity contribution in [3.8, 4) is 0 Å². The van der Waals surface area contributed by atoms with E-state index in [1.165, 1.54) is 77.0 Å². The quantitative estimate of drug-likeness (QED) is 0.0294. The van der Waals surface area contributed by atoms with E-state index in [0.717, 1.165) is 44.9 Å². The smallest absolute Gasteiger partial charge is 0.394 e. The number of rotatable bonds is 31. The molecular formula is C36H69NO11S. The summed E-state index contributed by atoms with van der Waals surface area (Å²) < 4.78 is 47.3. The third kappa shape index (κ3) is 22.4. The van der Waals surface area contributed by atoms with Crippen molar-refractivity contribution in [3.63, 3.8) is 0 Å². The van der Waals surface area contributed by atoms with E-state index in [4.69, 9.17) is 14.0 Å². The van der Waals surface area contributed by atoms with Gasteiger partial charge in [0.2, 0.25) is 5.91 Å². The summed E-state index contributed by atoms with van der Waals surface area (Å²) >= 11 is 0. The second kappa shape index (κ2) is 28.4. The van der Waals surface area contributed by atoms with Crippen LogP contribution in [0.15, 0.2) is 12.2 Å². The topological polar surface area (TPSA) is 192 Å². The molecule has 6 N–H and O–H groups in total. The Labute approximate surface area is 296 Å². The van der Waals surface area contributed by atoms with Crippen LogP contribution in [0.4, 0.5) is 0 Å². The molecule has 0 aliphatic carbocycles. The van der Waals surface area contributed by atoms with Crippen LogP contribution in [0, 0.1) is 0 Å². The lowest BCUT2D eigenvalue weighted by molar-refractivity contribution is -0.298. The Hall–Kier alpha value is -1.16. The van der Waals surface area contributed by atoms with Crippen molar-refractivity contribution in [2.75, 3.05) is 13.2 Å². The fraction of sp³-hybridized carbons (Fsp3) is 0.917. The molecule has 1 aliphatic rings. The average Bonchev–Trinajstić information content (AvgIpc) is 3.06. The van der Waals surface area contributed by atoms with Gasteiger partial charge in [-0.25, -0.2) is 4.18 Å². The number of nitrogens with one attached hydrogen (secondary N) is 1. The van der Waals surface area contributed by atoms with E-state index in [1.54, 1.807) is 0 Å². The van der Waals surface area contributed by atoms with Crippen molar-refractivity contribution < 1.29 is 51.8 Å². The Bertz CT molecular complexity index is 951. The largest absolute Gasteiger partial charge is 0.397 e. The predicted octanol–water partition coefficient (Wildman–Crippen LogP) is 5.65. The number of amides is 1. The van der Waals surface area contributed by atoms with Crippen LogP contribution in [0.3, 0.4) is 0 Å². The molecule has 0 radical (unpaired) electrons. The van der Waals surface area contributed by atoms with E-state index in [0.29, 0.717) is 12.8 Å². The highest BCUT2D eigenvalue weighted by atomic mass is 32.3. The zero-order valence-electron chi connectivity index (χ0n) is 30.3. The summed E-state index contributed by atoms with van der Waals surface area (Å²) in [5.74, 6) is -0.268. The number of ether oxygens (including phenoxy) is 2. The van der Waals surface area contributed by atoms with Gasteiger partial charge in [0.15, 0.2) is 6.29 Å². The van der Waals surface area contributed by atoms with Crippen molar-refractivity contribution in [3.05, 3.63) is 12.2 Å². The molecule has 0 saturated carbocycles. The summed E-state index contributed by atoms with van der Waals surface area (Å²) in [6, 6.07) is -0.866. The number of aliphatic hydroxyl groups is 4. The molecule has 0 bridgehead atoms. The maximum absolute atomic E-state index is 12.9. The van der Waals surface area contributed by atoms with Crippen molar-refractivity contribution in [1.82, 2.24) is 5.32 Å². The monoisotopic (exact) mass is 723 g/mol. The summed E-state index contributed by atoms with van der Waals surface area (Å²) in [6.45, 7) is 3.35. The fourth-order valence-electron chi connectivity index (χ4n) is 6.05. The number of unbranched alkanes of at least 4 members (excludes halogenated alkanes) is 17. The summed E-state index contributed by atoms with van der Waals surface area (Å²) in [5.41, 5.74) is 0. The summed E-state index contributed by atoms with van der Waals surface area (Å²) in [5, 5.41) is 44.5. The molecule has 1 amide bonds. The Kier molecular flexibility index (Phi) is 26.6.